The van der Waals surface area contributed by atoms with Crippen LogP contribution >= 0.6 is 0 Å². The Kier molecular flexibility index (Phi) is 5.86. The lowest BCUT2D eigenvalue weighted by molar-refractivity contribution is -0.384. The highest BCUT2D eigenvalue weighted by Gasteiger charge is 2.25. The average Bonchev–Trinajstić information content (AvgIpc) is 2.67. The fourth-order valence-corrected chi connectivity index (χ4v) is 3.74. The van der Waals surface area contributed by atoms with Crippen LogP contribution in [0, 0.1) is 16.0 Å². The van der Waals surface area contributed by atoms with Crippen LogP contribution < -0.4 is 10.2 Å². The molecule has 25 heavy (non-hydrogen) atoms. The third-order valence-corrected chi connectivity index (χ3v) is 5.28. The van der Waals surface area contributed by atoms with Crippen LogP contribution in [0.5, 0.6) is 0 Å². The van der Waals surface area contributed by atoms with E-state index in [9.17, 15) is 14.9 Å². The van der Waals surface area contributed by atoms with Crippen molar-refractivity contribution in [2.24, 2.45) is 5.92 Å². The summed E-state index contributed by atoms with van der Waals surface area (Å²) in [5, 5.41) is 14.5. The van der Waals surface area contributed by atoms with Crippen LogP contribution in [0.25, 0.3) is 0 Å². The predicted octanol–water partition coefficient (Wildman–Crippen LogP) is 2.02. The molecule has 7 heteroatoms. The number of hydrogen-bond donors (Lipinski definition) is 1. The zero-order valence-electron chi connectivity index (χ0n) is 14.5. The highest BCUT2D eigenvalue weighted by Crippen LogP contribution is 2.28. The number of nitro benzene ring substituents is 1. The molecule has 0 aromatic heterocycles. The maximum atomic E-state index is 12.4. The fraction of sp³-hybridized carbons (Fsp3) is 0.611. The first kappa shape index (κ1) is 17.7. The van der Waals surface area contributed by atoms with Gasteiger partial charge in [0, 0.05) is 38.7 Å². The minimum atomic E-state index is -0.341. The number of carbonyl (C=O) groups is 1. The van der Waals surface area contributed by atoms with E-state index in [1.54, 1.807) is 12.1 Å². The van der Waals surface area contributed by atoms with Crippen molar-refractivity contribution < 1.29 is 9.72 Å². The van der Waals surface area contributed by atoms with Crippen molar-refractivity contribution in [2.45, 2.75) is 25.7 Å². The van der Waals surface area contributed by atoms with Gasteiger partial charge in [-0.05, 0) is 44.3 Å². The molecule has 0 spiro atoms. The van der Waals surface area contributed by atoms with Gasteiger partial charge in [-0.25, -0.2) is 0 Å². The molecule has 1 aromatic rings. The predicted molar refractivity (Wildman–Crippen MR) is 96.7 cm³/mol. The number of nitrogens with one attached hydrogen (secondary N) is 1. The largest absolute Gasteiger partial charge is 0.362 e. The van der Waals surface area contributed by atoms with E-state index in [4.69, 9.17) is 0 Å². The molecular formula is C18H26N4O3. The number of nitrogens with zero attached hydrogens (tertiary/aromatic N) is 3. The number of rotatable bonds is 5. The second-order valence-electron chi connectivity index (χ2n) is 6.85. The zero-order valence-corrected chi connectivity index (χ0v) is 14.5. The van der Waals surface area contributed by atoms with Gasteiger partial charge in [0.1, 0.15) is 5.69 Å². The number of nitro groups is 1. The Bertz CT molecular complexity index is 608. The van der Waals surface area contributed by atoms with E-state index in [2.05, 4.69) is 5.32 Å². The topological polar surface area (TPSA) is 78.7 Å². The molecule has 0 unspecified atom stereocenters. The smallest absolute Gasteiger partial charge is 0.292 e. The molecule has 1 amide bonds. The van der Waals surface area contributed by atoms with Crippen molar-refractivity contribution >= 4 is 17.3 Å². The molecule has 0 radical (unpaired) electrons. The number of para-hydroxylation sites is 2. The average molecular weight is 346 g/mol. The summed E-state index contributed by atoms with van der Waals surface area (Å²) >= 11 is 0. The van der Waals surface area contributed by atoms with Gasteiger partial charge >= 0.3 is 0 Å². The number of piperazine rings is 1. The molecule has 0 aliphatic carbocycles. The van der Waals surface area contributed by atoms with Gasteiger partial charge in [-0.2, -0.15) is 0 Å². The number of amides is 1. The number of carbonyl (C=O) groups excluding carboxylic acids is 1. The van der Waals surface area contributed by atoms with Crippen molar-refractivity contribution in [2.75, 3.05) is 44.2 Å². The Hall–Kier alpha value is -2.15. The number of benzene rings is 1. The van der Waals surface area contributed by atoms with Crippen molar-refractivity contribution in [3.8, 4) is 0 Å². The Morgan fingerprint density at radius 1 is 1.16 bits per heavy atom. The number of piperidine rings is 1. The first-order chi connectivity index (χ1) is 12.1. The van der Waals surface area contributed by atoms with Crippen LogP contribution in [0.3, 0.4) is 0 Å². The van der Waals surface area contributed by atoms with E-state index in [0.29, 0.717) is 44.2 Å². The molecule has 1 aromatic carbocycles. The summed E-state index contributed by atoms with van der Waals surface area (Å²) in [4.78, 5) is 27.2. The lowest BCUT2D eigenvalue weighted by atomic mass is 9.93. The standard InChI is InChI=1S/C18H26N4O3/c23-18(6-5-15-7-9-19-10-8-15)21-13-11-20(12-14-21)16-3-1-2-4-17(16)22(24)25/h1-4,15,19H,5-14H2. The van der Waals surface area contributed by atoms with Crippen LogP contribution in [0.1, 0.15) is 25.7 Å². The minimum absolute atomic E-state index is 0.133. The number of hydrogen-bond acceptors (Lipinski definition) is 5. The summed E-state index contributed by atoms with van der Waals surface area (Å²) in [5.74, 6) is 0.888. The van der Waals surface area contributed by atoms with Crippen LogP contribution in [-0.2, 0) is 4.79 Å². The summed E-state index contributed by atoms with van der Waals surface area (Å²) in [7, 11) is 0. The van der Waals surface area contributed by atoms with Gasteiger partial charge in [0.2, 0.25) is 5.91 Å². The zero-order chi connectivity index (χ0) is 17.6. The second-order valence-corrected chi connectivity index (χ2v) is 6.85. The highest BCUT2D eigenvalue weighted by molar-refractivity contribution is 5.76. The molecule has 2 aliphatic heterocycles. The lowest BCUT2D eigenvalue weighted by Gasteiger charge is -2.36. The molecule has 0 atom stereocenters. The molecule has 1 N–H and O–H groups in total. The van der Waals surface area contributed by atoms with E-state index in [0.717, 1.165) is 19.5 Å². The Morgan fingerprint density at radius 2 is 1.84 bits per heavy atom. The van der Waals surface area contributed by atoms with Crippen LogP contribution in [0.4, 0.5) is 11.4 Å². The van der Waals surface area contributed by atoms with Gasteiger partial charge in [-0.15, -0.1) is 0 Å². The lowest BCUT2D eigenvalue weighted by Crippen LogP contribution is -2.49. The summed E-state index contributed by atoms with van der Waals surface area (Å²) in [6, 6.07) is 6.82. The molecular weight excluding hydrogens is 320 g/mol. The van der Waals surface area contributed by atoms with E-state index in [1.165, 1.54) is 18.9 Å². The van der Waals surface area contributed by atoms with Gasteiger partial charge in [-0.3, -0.25) is 14.9 Å². The van der Waals surface area contributed by atoms with E-state index >= 15 is 0 Å². The molecule has 3 rings (SSSR count). The van der Waals surface area contributed by atoms with E-state index in [-0.39, 0.29) is 16.5 Å². The minimum Gasteiger partial charge on any atom is -0.362 e. The summed E-state index contributed by atoms with van der Waals surface area (Å²) in [5.41, 5.74) is 0.780. The van der Waals surface area contributed by atoms with Gasteiger partial charge in [0.15, 0.2) is 0 Å². The Labute approximate surface area is 148 Å². The Balaban J connectivity index is 1.50. The van der Waals surface area contributed by atoms with E-state index < -0.39 is 0 Å². The van der Waals surface area contributed by atoms with Crippen molar-refractivity contribution in [1.29, 1.82) is 0 Å². The maximum absolute atomic E-state index is 12.4. The third kappa shape index (κ3) is 4.48. The van der Waals surface area contributed by atoms with Crippen LogP contribution in [0.15, 0.2) is 24.3 Å². The molecule has 2 saturated heterocycles. The molecule has 2 aliphatic rings. The summed E-state index contributed by atoms with van der Waals surface area (Å²) in [6.07, 6.45) is 3.93. The van der Waals surface area contributed by atoms with Gasteiger partial charge in [0.25, 0.3) is 5.69 Å². The second kappa shape index (κ2) is 8.29. The van der Waals surface area contributed by atoms with E-state index in [1.807, 2.05) is 15.9 Å². The normalized spacial score (nSPS) is 19.0. The first-order valence-corrected chi connectivity index (χ1v) is 9.12. The third-order valence-electron chi connectivity index (χ3n) is 5.28. The van der Waals surface area contributed by atoms with Crippen molar-refractivity contribution in [1.82, 2.24) is 10.2 Å². The van der Waals surface area contributed by atoms with Crippen molar-refractivity contribution in [3.63, 3.8) is 0 Å². The van der Waals surface area contributed by atoms with Gasteiger partial charge in [0.05, 0.1) is 4.92 Å². The first-order valence-electron chi connectivity index (χ1n) is 9.12. The quantitative estimate of drug-likeness (QED) is 0.652. The SMILES string of the molecule is O=C(CCC1CCNCC1)N1CCN(c2ccccc2[N+](=O)[O-])CC1. The summed E-state index contributed by atoms with van der Waals surface area (Å²) < 4.78 is 0. The molecule has 2 heterocycles. The Morgan fingerprint density at radius 3 is 2.52 bits per heavy atom. The number of anilines is 1. The monoisotopic (exact) mass is 346 g/mol. The molecule has 7 nitrogen and oxygen atoms in total. The van der Waals surface area contributed by atoms with Gasteiger partial charge in [-0.1, -0.05) is 12.1 Å². The molecule has 0 bridgehead atoms. The van der Waals surface area contributed by atoms with Crippen LogP contribution in [0.2, 0.25) is 0 Å². The van der Waals surface area contributed by atoms with Crippen LogP contribution in [-0.4, -0.2) is 55.0 Å². The molecule has 136 valence electrons. The summed E-state index contributed by atoms with van der Waals surface area (Å²) in [6.45, 7) is 4.68. The maximum Gasteiger partial charge on any atom is 0.292 e. The molecule has 2 fully saturated rings. The highest BCUT2D eigenvalue weighted by atomic mass is 16.6. The van der Waals surface area contributed by atoms with Gasteiger partial charge < -0.3 is 15.1 Å². The molecule has 0 saturated carbocycles. The fourth-order valence-electron chi connectivity index (χ4n) is 3.74. The van der Waals surface area contributed by atoms with Crippen molar-refractivity contribution in [3.05, 3.63) is 34.4 Å².